The molecule has 146 valence electrons. The molecule has 0 amide bonds. The summed E-state index contributed by atoms with van der Waals surface area (Å²) in [6, 6.07) is 20.0. The predicted molar refractivity (Wildman–Crippen MR) is 111 cm³/mol. The number of rotatable bonds is 8. The number of nitrogens with zero attached hydrogens (tertiary/aromatic N) is 2. The third-order valence-corrected chi connectivity index (χ3v) is 6.19. The Bertz CT molecular complexity index is 1010. The molecule has 0 fully saturated rings. The van der Waals surface area contributed by atoms with E-state index in [4.69, 9.17) is 4.74 Å². The van der Waals surface area contributed by atoms with E-state index in [0.717, 1.165) is 11.3 Å². The van der Waals surface area contributed by atoms with Gasteiger partial charge in [-0.15, -0.1) is 0 Å². The summed E-state index contributed by atoms with van der Waals surface area (Å²) in [7, 11) is -2.05. The van der Waals surface area contributed by atoms with Crippen molar-refractivity contribution in [2.45, 2.75) is 18.4 Å². The third-order valence-electron chi connectivity index (χ3n) is 4.31. The van der Waals surface area contributed by atoms with Crippen molar-refractivity contribution in [3.63, 3.8) is 0 Å². The van der Waals surface area contributed by atoms with E-state index in [1.807, 2.05) is 42.5 Å². The number of anilines is 2. The summed E-state index contributed by atoms with van der Waals surface area (Å²) in [6.07, 6.45) is 1.38. The maximum Gasteiger partial charge on any atom is 0.265 e. The Balaban J connectivity index is 1.76. The topological polar surface area (TPSA) is 71.5 Å². The molecule has 3 rings (SSSR count). The van der Waals surface area contributed by atoms with E-state index in [0.29, 0.717) is 24.6 Å². The van der Waals surface area contributed by atoms with Gasteiger partial charge >= 0.3 is 0 Å². The first-order valence-corrected chi connectivity index (χ1v) is 10.4. The van der Waals surface area contributed by atoms with Crippen molar-refractivity contribution < 1.29 is 13.2 Å². The van der Waals surface area contributed by atoms with Crippen LogP contribution in [0, 0.1) is 0 Å². The normalized spacial score (nSPS) is 11.1. The van der Waals surface area contributed by atoms with Gasteiger partial charge in [-0.2, -0.15) is 0 Å². The lowest BCUT2D eigenvalue weighted by molar-refractivity contribution is 0.410. The van der Waals surface area contributed by atoms with Gasteiger partial charge in [-0.3, -0.25) is 4.31 Å². The smallest absolute Gasteiger partial charge is 0.265 e. The molecule has 0 radical (unpaired) electrons. The fourth-order valence-electron chi connectivity index (χ4n) is 2.89. The molecule has 0 saturated carbocycles. The molecule has 0 aliphatic carbocycles. The summed E-state index contributed by atoms with van der Waals surface area (Å²) in [5.74, 6) is 1.38. The summed E-state index contributed by atoms with van der Waals surface area (Å²) in [6.45, 7) is 2.66. The molecule has 0 saturated heterocycles. The SMILES string of the molecule is CCN(c1ccccc1)S(=O)(=O)c1ccc(NCc2ccccc2OC)nc1. The highest BCUT2D eigenvalue weighted by Crippen LogP contribution is 2.24. The van der Waals surface area contributed by atoms with Gasteiger partial charge in [-0.1, -0.05) is 36.4 Å². The molecule has 0 unspecified atom stereocenters. The van der Waals surface area contributed by atoms with Gasteiger partial charge in [0.25, 0.3) is 10.0 Å². The first-order valence-electron chi connectivity index (χ1n) is 8.96. The van der Waals surface area contributed by atoms with Gasteiger partial charge in [-0.25, -0.2) is 13.4 Å². The van der Waals surface area contributed by atoms with Gasteiger partial charge in [0.15, 0.2) is 0 Å². The van der Waals surface area contributed by atoms with Crippen LogP contribution in [0.3, 0.4) is 0 Å². The Morgan fingerprint density at radius 1 is 1.00 bits per heavy atom. The highest BCUT2D eigenvalue weighted by Gasteiger charge is 2.23. The van der Waals surface area contributed by atoms with Crippen molar-refractivity contribution in [3.05, 3.63) is 78.5 Å². The number of hydrogen-bond acceptors (Lipinski definition) is 5. The lowest BCUT2D eigenvalue weighted by atomic mass is 10.2. The van der Waals surface area contributed by atoms with Crippen LogP contribution in [0.5, 0.6) is 5.75 Å². The fourth-order valence-corrected chi connectivity index (χ4v) is 4.30. The molecule has 0 aliphatic rings. The second-order valence-electron chi connectivity index (χ2n) is 6.05. The Labute approximate surface area is 165 Å². The van der Waals surface area contributed by atoms with Crippen LogP contribution >= 0.6 is 0 Å². The van der Waals surface area contributed by atoms with E-state index < -0.39 is 10.0 Å². The zero-order valence-electron chi connectivity index (χ0n) is 15.9. The van der Waals surface area contributed by atoms with E-state index in [1.54, 1.807) is 38.3 Å². The minimum atomic E-state index is -3.68. The highest BCUT2D eigenvalue weighted by atomic mass is 32.2. The Morgan fingerprint density at radius 2 is 1.71 bits per heavy atom. The number of hydrogen-bond donors (Lipinski definition) is 1. The second-order valence-corrected chi connectivity index (χ2v) is 7.91. The second kappa shape index (κ2) is 8.75. The molecular formula is C21H23N3O3S. The summed E-state index contributed by atoms with van der Waals surface area (Å²) in [5, 5.41) is 3.19. The van der Waals surface area contributed by atoms with E-state index >= 15 is 0 Å². The molecule has 0 aliphatic heterocycles. The lowest BCUT2D eigenvalue weighted by Crippen LogP contribution is -2.30. The summed E-state index contributed by atoms with van der Waals surface area (Å²) in [5.41, 5.74) is 1.62. The third kappa shape index (κ3) is 4.26. The molecular weight excluding hydrogens is 374 g/mol. The molecule has 1 aromatic heterocycles. The number of ether oxygens (including phenoxy) is 1. The Kier molecular flexibility index (Phi) is 6.16. The van der Waals surface area contributed by atoms with Crippen molar-refractivity contribution in [2.24, 2.45) is 0 Å². The van der Waals surface area contributed by atoms with Gasteiger partial charge in [0, 0.05) is 24.8 Å². The molecule has 0 spiro atoms. The number of benzene rings is 2. The Hall–Kier alpha value is -3.06. The van der Waals surface area contributed by atoms with E-state index in [1.165, 1.54) is 10.5 Å². The summed E-state index contributed by atoms with van der Waals surface area (Å²) in [4.78, 5) is 4.42. The zero-order chi connectivity index (χ0) is 20.0. The molecule has 0 bridgehead atoms. The first-order chi connectivity index (χ1) is 13.6. The van der Waals surface area contributed by atoms with Crippen LogP contribution in [0.25, 0.3) is 0 Å². The van der Waals surface area contributed by atoms with Crippen molar-refractivity contribution >= 4 is 21.5 Å². The van der Waals surface area contributed by atoms with Gasteiger partial charge in [0.05, 0.1) is 12.8 Å². The molecule has 28 heavy (non-hydrogen) atoms. The minimum Gasteiger partial charge on any atom is -0.496 e. The molecule has 1 N–H and O–H groups in total. The number of nitrogens with one attached hydrogen (secondary N) is 1. The van der Waals surface area contributed by atoms with Crippen molar-refractivity contribution in [3.8, 4) is 5.75 Å². The molecule has 0 atom stereocenters. The quantitative estimate of drug-likeness (QED) is 0.624. The van der Waals surface area contributed by atoms with E-state index in [-0.39, 0.29) is 4.90 Å². The van der Waals surface area contributed by atoms with Gasteiger partial charge in [-0.05, 0) is 37.3 Å². The number of aromatic nitrogens is 1. The first kappa shape index (κ1) is 19.7. The van der Waals surface area contributed by atoms with Gasteiger partial charge < -0.3 is 10.1 Å². The number of pyridine rings is 1. The monoisotopic (exact) mass is 397 g/mol. The molecule has 6 nitrogen and oxygen atoms in total. The minimum absolute atomic E-state index is 0.154. The van der Waals surface area contributed by atoms with Crippen molar-refractivity contribution in [2.75, 3.05) is 23.3 Å². The standard InChI is InChI=1S/C21H23N3O3S/c1-3-24(18-10-5-4-6-11-18)28(25,26)19-13-14-21(23-16-19)22-15-17-9-7-8-12-20(17)27-2/h4-14,16H,3,15H2,1-2H3,(H,22,23). The van der Waals surface area contributed by atoms with Crippen molar-refractivity contribution in [1.29, 1.82) is 0 Å². The molecule has 7 heteroatoms. The zero-order valence-corrected chi connectivity index (χ0v) is 16.7. The maximum absolute atomic E-state index is 13.0. The van der Waals surface area contributed by atoms with Crippen LogP contribution in [-0.2, 0) is 16.6 Å². The fraction of sp³-hybridized carbons (Fsp3) is 0.190. The molecule has 3 aromatic rings. The maximum atomic E-state index is 13.0. The number of sulfonamides is 1. The van der Waals surface area contributed by atoms with Crippen LogP contribution in [0.15, 0.2) is 77.8 Å². The molecule has 2 aromatic carbocycles. The average Bonchev–Trinajstić information content (AvgIpc) is 2.74. The molecule has 1 heterocycles. The van der Waals surface area contributed by atoms with E-state index in [9.17, 15) is 8.42 Å². The van der Waals surface area contributed by atoms with Crippen LogP contribution in [0.1, 0.15) is 12.5 Å². The highest BCUT2D eigenvalue weighted by molar-refractivity contribution is 7.92. The van der Waals surface area contributed by atoms with Crippen molar-refractivity contribution in [1.82, 2.24) is 4.98 Å². The van der Waals surface area contributed by atoms with Gasteiger partial charge in [0.2, 0.25) is 0 Å². The van der Waals surface area contributed by atoms with Crippen LogP contribution < -0.4 is 14.4 Å². The summed E-state index contributed by atoms with van der Waals surface area (Å²) < 4.78 is 32.7. The lowest BCUT2D eigenvalue weighted by Gasteiger charge is -2.22. The largest absolute Gasteiger partial charge is 0.496 e. The van der Waals surface area contributed by atoms with E-state index in [2.05, 4.69) is 10.3 Å². The van der Waals surface area contributed by atoms with Crippen LogP contribution in [-0.4, -0.2) is 27.1 Å². The number of methoxy groups -OCH3 is 1. The predicted octanol–water partition coefficient (Wildman–Crippen LogP) is 3.92. The van der Waals surface area contributed by atoms with Crippen LogP contribution in [0.4, 0.5) is 11.5 Å². The average molecular weight is 398 g/mol. The summed E-state index contributed by atoms with van der Waals surface area (Å²) >= 11 is 0. The van der Waals surface area contributed by atoms with Crippen LogP contribution in [0.2, 0.25) is 0 Å². The number of para-hydroxylation sites is 2. The Morgan fingerprint density at radius 3 is 2.36 bits per heavy atom. The van der Waals surface area contributed by atoms with Gasteiger partial charge in [0.1, 0.15) is 16.5 Å².